The average Bonchev–Trinajstić information content (AvgIpc) is 2.29. The third-order valence-corrected chi connectivity index (χ3v) is 2.20. The van der Waals surface area contributed by atoms with Crippen molar-refractivity contribution in [2.45, 2.75) is 32.5 Å². The minimum Gasteiger partial charge on any atom is -0.465 e. The Morgan fingerprint density at radius 2 is 1.79 bits per heavy atom. The zero-order chi connectivity index (χ0) is 15.0. The number of carbonyl (C=O) groups excluding carboxylic acids is 3. The molecule has 0 amide bonds. The Morgan fingerprint density at radius 3 is 2.21 bits per heavy atom. The van der Waals surface area contributed by atoms with E-state index in [1.54, 1.807) is 6.82 Å². The first-order chi connectivity index (χ1) is 8.73. The van der Waals surface area contributed by atoms with Crippen molar-refractivity contribution in [1.29, 1.82) is 0 Å². The van der Waals surface area contributed by atoms with E-state index in [0.29, 0.717) is 6.32 Å². The lowest BCUT2D eigenvalue weighted by Gasteiger charge is -2.16. The molecule has 0 aliphatic rings. The molecule has 92 valence electrons. The van der Waals surface area contributed by atoms with Crippen molar-refractivity contribution in [3.63, 3.8) is 0 Å². The van der Waals surface area contributed by atoms with E-state index in [1.165, 1.54) is 0 Å². The van der Waals surface area contributed by atoms with Crippen molar-refractivity contribution in [3.05, 3.63) is 12.2 Å². The van der Waals surface area contributed by atoms with Gasteiger partial charge in [-0.3, -0.25) is 14.4 Å². The van der Waals surface area contributed by atoms with Gasteiger partial charge in [-0.1, -0.05) is 13.1 Å². The molecule has 1 atom stereocenters. The summed E-state index contributed by atoms with van der Waals surface area (Å²) in [5.74, 6) is -1.53. The van der Waals surface area contributed by atoms with Gasteiger partial charge in [0.1, 0.15) is 12.5 Å². The second-order valence-corrected chi connectivity index (χ2v) is 4.33. The highest BCUT2D eigenvalue weighted by Gasteiger charge is 2.23. The van der Waals surface area contributed by atoms with Crippen LogP contribution in [0.4, 0.5) is 0 Å². The van der Waals surface area contributed by atoms with Gasteiger partial charge < -0.3 is 4.74 Å². The maximum atomic E-state index is 11.7. The first-order valence-electron chi connectivity index (χ1n) is 5.92. The van der Waals surface area contributed by atoms with Crippen molar-refractivity contribution in [3.8, 4) is 0 Å². The van der Waals surface area contributed by atoms with E-state index < -0.39 is 24.3 Å². The quantitative estimate of drug-likeness (QED) is 0.320. The smallest absolute Gasteiger partial charge is 0.302 e. The molecule has 0 aromatic rings. The summed E-state index contributed by atoms with van der Waals surface area (Å²) >= 11 is 0. The summed E-state index contributed by atoms with van der Waals surface area (Å²) in [6.07, 6.45) is 2.91. The largest absolute Gasteiger partial charge is 0.465 e. The number of ether oxygens (including phenoxy) is 1. The van der Waals surface area contributed by atoms with Crippen molar-refractivity contribution >= 4 is 53.8 Å². The van der Waals surface area contributed by atoms with Crippen LogP contribution in [0.2, 0.25) is 13.1 Å². The molecule has 0 saturated heterocycles. The maximum absolute atomic E-state index is 11.7. The predicted molar refractivity (Wildman–Crippen MR) is 78.8 cm³/mol. The van der Waals surface area contributed by atoms with Crippen LogP contribution in [0.5, 0.6) is 0 Å². The Labute approximate surface area is 118 Å². The molecule has 0 N–H and O–H groups in total. The Kier molecular flexibility index (Phi) is 8.36. The maximum Gasteiger partial charge on any atom is 0.302 e. The normalized spacial score (nSPS) is 11.9. The lowest BCUT2D eigenvalue weighted by Crippen LogP contribution is -2.42. The zero-order valence-electron chi connectivity index (χ0n) is 11.2. The van der Waals surface area contributed by atoms with Gasteiger partial charge in [-0.15, -0.1) is 0 Å². The average molecular weight is 251 g/mol. The number of allylic oxidation sites excluding steroid dienone is 1. The fourth-order valence-corrected chi connectivity index (χ4v) is 1.23. The molecule has 6 radical (unpaired) electrons. The SMILES string of the molecule is [B]B(C)CCC(=O)/C=C/C(=O)[C@@H](OC(C)=O)B([B])[B]. The summed E-state index contributed by atoms with van der Waals surface area (Å²) in [5.41, 5.74) is 0. The molecule has 0 aliphatic carbocycles. The number of carbonyl (C=O) groups is 3. The van der Waals surface area contributed by atoms with Crippen LogP contribution in [0.1, 0.15) is 13.3 Å². The minimum atomic E-state index is -1.28. The Bertz CT molecular complexity index is 367. The third-order valence-electron chi connectivity index (χ3n) is 2.20. The summed E-state index contributed by atoms with van der Waals surface area (Å²) in [6.45, 7) is 1.70. The molecular weight excluding hydrogens is 238 g/mol. The highest BCUT2D eigenvalue weighted by Crippen LogP contribution is 2.01. The third kappa shape index (κ3) is 8.57. The van der Waals surface area contributed by atoms with E-state index in [-0.39, 0.29) is 18.8 Å². The van der Waals surface area contributed by atoms with E-state index in [1.807, 2.05) is 0 Å². The lowest BCUT2D eigenvalue weighted by molar-refractivity contribution is -0.147. The molecule has 0 aromatic carbocycles. The molecule has 0 fully saturated rings. The molecule has 9 heteroatoms. The van der Waals surface area contributed by atoms with Crippen LogP contribution >= 0.6 is 0 Å². The van der Waals surface area contributed by atoms with Gasteiger partial charge in [0, 0.05) is 36.6 Å². The first-order valence-corrected chi connectivity index (χ1v) is 5.92. The summed E-state index contributed by atoms with van der Waals surface area (Å²) in [7, 11) is 16.2. The fraction of sp³-hybridized carbons (Fsp3) is 0.500. The van der Waals surface area contributed by atoms with Crippen LogP contribution in [0, 0.1) is 0 Å². The molecule has 0 saturated carbocycles. The summed E-state index contributed by atoms with van der Waals surface area (Å²) < 4.78 is 4.68. The van der Waals surface area contributed by atoms with E-state index in [9.17, 15) is 14.4 Å². The Hall–Kier alpha value is -1.13. The van der Waals surface area contributed by atoms with Crippen LogP contribution in [0.3, 0.4) is 0 Å². The molecule has 0 rings (SSSR count). The predicted octanol–water partition coefficient (Wildman–Crippen LogP) is -0.843. The molecule has 0 heterocycles. The number of esters is 1. The zero-order valence-corrected chi connectivity index (χ0v) is 11.2. The summed E-state index contributed by atoms with van der Waals surface area (Å²) in [4.78, 5) is 33.9. The molecule has 0 bridgehead atoms. The van der Waals surface area contributed by atoms with Crippen LogP contribution < -0.4 is 0 Å². The van der Waals surface area contributed by atoms with Crippen LogP contribution in [-0.2, 0) is 19.1 Å². The van der Waals surface area contributed by atoms with E-state index in [0.717, 1.165) is 19.1 Å². The van der Waals surface area contributed by atoms with Crippen molar-refractivity contribution in [2.24, 2.45) is 0 Å². The van der Waals surface area contributed by atoms with E-state index in [4.69, 9.17) is 23.2 Å². The summed E-state index contributed by atoms with van der Waals surface area (Å²) in [5, 5.41) is 0. The van der Waals surface area contributed by atoms with Crippen LogP contribution in [0.15, 0.2) is 12.2 Å². The van der Waals surface area contributed by atoms with Gasteiger partial charge in [0.05, 0.1) is 6.60 Å². The topological polar surface area (TPSA) is 60.4 Å². The first kappa shape index (κ1) is 17.9. The minimum absolute atomic E-state index is 0.0840. The molecule has 0 unspecified atom stereocenters. The van der Waals surface area contributed by atoms with Gasteiger partial charge in [-0.25, -0.2) is 0 Å². The molecule has 0 aromatic heterocycles. The van der Waals surface area contributed by atoms with Crippen molar-refractivity contribution < 1.29 is 19.1 Å². The number of rotatable bonds is 8. The van der Waals surface area contributed by atoms with Gasteiger partial charge in [-0.05, 0) is 12.2 Å². The Morgan fingerprint density at radius 1 is 1.21 bits per heavy atom. The monoisotopic (exact) mass is 252 g/mol. The van der Waals surface area contributed by atoms with Gasteiger partial charge in [0.2, 0.25) is 0 Å². The molecule has 0 aliphatic heterocycles. The van der Waals surface area contributed by atoms with Crippen molar-refractivity contribution in [2.75, 3.05) is 0 Å². The number of ketones is 2. The Balaban J connectivity index is 4.46. The molecule has 19 heavy (non-hydrogen) atoms. The van der Waals surface area contributed by atoms with Crippen LogP contribution in [0.25, 0.3) is 0 Å². The van der Waals surface area contributed by atoms with Gasteiger partial charge >= 0.3 is 5.97 Å². The second kappa shape index (κ2) is 8.89. The van der Waals surface area contributed by atoms with Crippen LogP contribution in [-0.4, -0.2) is 59.8 Å². The highest BCUT2D eigenvalue weighted by atomic mass is 16.5. The molecule has 0 spiro atoms. The van der Waals surface area contributed by atoms with Gasteiger partial charge in [0.15, 0.2) is 11.6 Å². The summed E-state index contributed by atoms with van der Waals surface area (Å²) in [6, 6.07) is -1.28. The highest BCUT2D eigenvalue weighted by molar-refractivity contribution is 7.30. The standard InChI is InChI=1S/C10H13B5O4/c1-7(16)19-10(15(12)13)9(18)4-3-8(17)5-6-14(2)11/h3-4,10H,5-6H2,1-2H3/b4-3+/t10-/m1/s1. The fourth-order valence-electron chi connectivity index (χ4n) is 1.23. The second-order valence-electron chi connectivity index (χ2n) is 4.33. The van der Waals surface area contributed by atoms with Gasteiger partial charge in [-0.2, -0.15) is 0 Å². The van der Waals surface area contributed by atoms with E-state index >= 15 is 0 Å². The number of hydrogen-bond donors (Lipinski definition) is 0. The molecule has 4 nitrogen and oxygen atoms in total. The van der Waals surface area contributed by atoms with E-state index in [2.05, 4.69) is 4.74 Å². The molecular formula is C10H13B5O4. The van der Waals surface area contributed by atoms with Crippen molar-refractivity contribution in [1.82, 2.24) is 0 Å². The number of hydrogen-bond acceptors (Lipinski definition) is 4. The lowest BCUT2D eigenvalue weighted by atomic mass is 9.16. The van der Waals surface area contributed by atoms with Gasteiger partial charge in [0.25, 0.3) is 0 Å².